The van der Waals surface area contributed by atoms with Crippen molar-refractivity contribution < 1.29 is 17.2 Å². The standard InChI is InChI=1S/C12H18F2N2O2S/c1-12(2,3)7-16(4)19(17,18)9-6-5-8(13)11(15)10(9)14/h5-6H,7,15H2,1-4H3. The number of hydrogen-bond acceptors (Lipinski definition) is 3. The molecular formula is C12H18F2N2O2S. The fourth-order valence-corrected chi connectivity index (χ4v) is 3.14. The Balaban J connectivity index is 3.25. The van der Waals surface area contributed by atoms with Crippen LogP contribution in [0.2, 0.25) is 0 Å². The summed E-state index contributed by atoms with van der Waals surface area (Å²) >= 11 is 0. The van der Waals surface area contributed by atoms with Crippen LogP contribution >= 0.6 is 0 Å². The van der Waals surface area contributed by atoms with Gasteiger partial charge in [0.15, 0.2) is 5.82 Å². The number of nitrogens with two attached hydrogens (primary N) is 1. The van der Waals surface area contributed by atoms with Gasteiger partial charge < -0.3 is 5.73 Å². The largest absolute Gasteiger partial charge is 0.394 e. The molecule has 0 spiro atoms. The smallest absolute Gasteiger partial charge is 0.245 e. The zero-order chi connectivity index (χ0) is 15.0. The van der Waals surface area contributed by atoms with Gasteiger partial charge in [0.2, 0.25) is 10.0 Å². The lowest BCUT2D eigenvalue weighted by molar-refractivity contribution is 0.310. The van der Waals surface area contributed by atoms with Crippen LogP contribution in [0.3, 0.4) is 0 Å². The van der Waals surface area contributed by atoms with Crippen molar-refractivity contribution in [2.24, 2.45) is 5.41 Å². The highest BCUT2D eigenvalue weighted by Crippen LogP contribution is 2.26. The minimum absolute atomic E-state index is 0.200. The van der Waals surface area contributed by atoms with E-state index in [0.717, 1.165) is 16.4 Å². The predicted molar refractivity (Wildman–Crippen MR) is 70.0 cm³/mol. The molecule has 0 bridgehead atoms. The van der Waals surface area contributed by atoms with Gasteiger partial charge in [0.1, 0.15) is 16.4 Å². The molecule has 19 heavy (non-hydrogen) atoms. The third-order valence-corrected chi connectivity index (χ3v) is 4.30. The van der Waals surface area contributed by atoms with Crippen molar-refractivity contribution in [1.29, 1.82) is 0 Å². The van der Waals surface area contributed by atoms with E-state index in [0.29, 0.717) is 0 Å². The summed E-state index contributed by atoms with van der Waals surface area (Å²) in [7, 11) is -2.68. The monoisotopic (exact) mass is 292 g/mol. The van der Waals surface area contributed by atoms with Crippen molar-refractivity contribution in [2.75, 3.05) is 19.3 Å². The van der Waals surface area contributed by atoms with Crippen LogP contribution in [0, 0.1) is 17.0 Å². The molecule has 0 unspecified atom stereocenters. The molecule has 0 aliphatic heterocycles. The van der Waals surface area contributed by atoms with E-state index in [1.54, 1.807) is 0 Å². The SMILES string of the molecule is CN(CC(C)(C)C)S(=O)(=O)c1ccc(F)c(N)c1F. The van der Waals surface area contributed by atoms with Crippen molar-refractivity contribution in [3.05, 3.63) is 23.8 Å². The number of halogens is 2. The van der Waals surface area contributed by atoms with Crippen LogP contribution in [-0.4, -0.2) is 26.3 Å². The van der Waals surface area contributed by atoms with Gasteiger partial charge in [-0.3, -0.25) is 0 Å². The summed E-state index contributed by atoms with van der Waals surface area (Å²) in [5.41, 5.74) is 4.10. The Morgan fingerprint density at radius 2 is 1.79 bits per heavy atom. The van der Waals surface area contributed by atoms with Crippen LogP contribution in [0.5, 0.6) is 0 Å². The molecule has 0 atom stereocenters. The van der Waals surface area contributed by atoms with E-state index in [2.05, 4.69) is 0 Å². The maximum atomic E-state index is 13.8. The van der Waals surface area contributed by atoms with Gasteiger partial charge in [0.25, 0.3) is 0 Å². The highest BCUT2D eigenvalue weighted by Gasteiger charge is 2.29. The third kappa shape index (κ3) is 3.42. The predicted octanol–water partition coefficient (Wildman–Crippen LogP) is 2.21. The van der Waals surface area contributed by atoms with E-state index in [-0.39, 0.29) is 12.0 Å². The molecule has 0 saturated carbocycles. The lowest BCUT2D eigenvalue weighted by Crippen LogP contribution is -2.35. The number of benzene rings is 1. The summed E-state index contributed by atoms with van der Waals surface area (Å²) in [6, 6.07) is 1.73. The molecule has 1 aromatic carbocycles. The zero-order valence-corrected chi connectivity index (χ0v) is 12.2. The first-order chi connectivity index (χ1) is 8.47. The van der Waals surface area contributed by atoms with Crippen LogP contribution in [0.15, 0.2) is 17.0 Å². The maximum absolute atomic E-state index is 13.8. The molecule has 0 fully saturated rings. The first-order valence-electron chi connectivity index (χ1n) is 5.66. The van der Waals surface area contributed by atoms with Crippen molar-refractivity contribution in [1.82, 2.24) is 4.31 Å². The van der Waals surface area contributed by atoms with Gasteiger partial charge in [-0.05, 0) is 17.5 Å². The van der Waals surface area contributed by atoms with E-state index < -0.39 is 32.2 Å². The normalized spacial score (nSPS) is 13.0. The molecule has 108 valence electrons. The molecule has 0 amide bonds. The molecule has 0 aliphatic rings. The summed E-state index contributed by atoms with van der Waals surface area (Å²) in [5, 5.41) is 0. The van der Waals surface area contributed by atoms with Gasteiger partial charge in [-0.1, -0.05) is 20.8 Å². The highest BCUT2D eigenvalue weighted by atomic mass is 32.2. The van der Waals surface area contributed by atoms with Gasteiger partial charge in [-0.25, -0.2) is 21.5 Å². The van der Waals surface area contributed by atoms with E-state index in [4.69, 9.17) is 5.73 Å². The highest BCUT2D eigenvalue weighted by molar-refractivity contribution is 7.89. The molecule has 0 aliphatic carbocycles. The summed E-state index contributed by atoms with van der Waals surface area (Å²) in [4.78, 5) is -0.613. The first-order valence-corrected chi connectivity index (χ1v) is 7.10. The van der Waals surface area contributed by atoms with Gasteiger partial charge in [-0.2, -0.15) is 0 Å². The average Bonchev–Trinajstić information content (AvgIpc) is 2.23. The lowest BCUT2D eigenvalue weighted by atomic mass is 9.97. The number of anilines is 1. The second-order valence-electron chi connectivity index (χ2n) is 5.59. The molecule has 1 aromatic rings. The minimum Gasteiger partial charge on any atom is -0.394 e. The van der Waals surface area contributed by atoms with Crippen molar-refractivity contribution in [3.63, 3.8) is 0 Å². The topological polar surface area (TPSA) is 63.4 Å². The molecule has 7 heteroatoms. The molecular weight excluding hydrogens is 274 g/mol. The lowest BCUT2D eigenvalue weighted by Gasteiger charge is -2.26. The summed E-state index contributed by atoms with van der Waals surface area (Å²) in [6.07, 6.45) is 0. The van der Waals surface area contributed by atoms with E-state index >= 15 is 0 Å². The molecule has 0 radical (unpaired) electrons. The maximum Gasteiger partial charge on any atom is 0.245 e. The van der Waals surface area contributed by atoms with Gasteiger partial charge in [0.05, 0.1) is 0 Å². The first kappa shape index (κ1) is 15.8. The molecule has 1 rings (SSSR count). The fourth-order valence-electron chi connectivity index (χ4n) is 1.67. The summed E-state index contributed by atoms with van der Waals surface area (Å²) in [5.74, 6) is -2.23. The number of hydrogen-bond donors (Lipinski definition) is 1. The third-order valence-electron chi connectivity index (χ3n) is 2.48. The fraction of sp³-hybridized carbons (Fsp3) is 0.500. The molecule has 0 heterocycles. The second kappa shape index (κ2) is 5.05. The number of sulfonamides is 1. The van der Waals surface area contributed by atoms with Crippen LogP contribution < -0.4 is 5.73 Å². The summed E-state index contributed by atoms with van der Waals surface area (Å²) in [6.45, 7) is 5.77. The van der Waals surface area contributed by atoms with Crippen LogP contribution in [-0.2, 0) is 10.0 Å². The zero-order valence-electron chi connectivity index (χ0n) is 11.4. The van der Waals surface area contributed by atoms with Crippen LogP contribution in [0.25, 0.3) is 0 Å². The molecule has 0 saturated heterocycles. The molecule has 4 nitrogen and oxygen atoms in total. The summed E-state index contributed by atoms with van der Waals surface area (Å²) < 4.78 is 52.3. The van der Waals surface area contributed by atoms with E-state index in [9.17, 15) is 17.2 Å². The number of rotatable bonds is 3. The Bertz CT molecular complexity index is 580. The van der Waals surface area contributed by atoms with Crippen molar-refractivity contribution in [2.45, 2.75) is 25.7 Å². The van der Waals surface area contributed by atoms with Gasteiger partial charge >= 0.3 is 0 Å². The Morgan fingerprint density at radius 1 is 1.26 bits per heavy atom. The molecule has 0 aromatic heterocycles. The van der Waals surface area contributed by atoms with Crippen LogP contribution in [0.1, 0.15) is 20.8 Å². The Morgan fingerprint density at radius 3 is 2.26 bits per heavy atom. The second-order valence-corrected chi connectivity index (χ2v) is 7.61. The van der Waals surface area contributed by atoms with Crippen molar-refractivity contribution >= 4 is 15.7 Å². The minimum atomic E-state index is -4.03. The van der Waals surface area contributed by atoms with Crippen LogP contribution in [0.4, 0.5) is 14.5 Å². The quantitative estimate of drug-likeness (QED) is 0.869. The van der Waals surface area contributed by atoms with Gasteiger partial charge in [0, 0.05) is 13.6 Å². The van der Waals surface area contributed by atoms with E-state index in [1.165, 1.54) is 7.05 Å². The Labute approximate surface area is 112 Å². The molecule has 2 N–H and O–H groups in total. The van der Waals surface area contributed by atoms with Gasteiger partial charge in [-0.15, -0.1) is 0 Å². The average molecular weight is 292 g/mol. The van der Waals surface area contributed by atoms with E-state index in [1.807, 2.05) is 20.8 Å². The number of nitrogens with zero attached hydrogens (tertiary/aromatic N) is 1. The Hall–Kier alpha value is -1.21. The Kier molecular flexibility index (Phi) is 4.21. The van der Waals surface area contributed by atoms with Crippen molar-refractivity contribution in [3.8, 4) is 0 Å². The number of nitrogen functional groups attached to an aromatic ring is 1.